The van der Waals surface area contributed by atoms with E-state index in [1.807, 2.05) is 6.92 Å². The fourth-order valence-electron chi connectivity index (χ4n) is 2.06. The predicted octanol–water partition coefficient (Wildman–Crippen LogP) is 2.13. The summed E-state index contributed by atoms with van der Waals surface area (Å²) in [6.07, 6.45) is 5.40. The van der Waals surface area contributed by atoms with Crippen LogP contribution in [0.25, 0.3) is 0 Å². The van der Waals surface area contributed by atoms with E-state index in [-0.39, 0.29) is 24.7 Å². The number of hydrogen-bond donors (Lipinski definition) is 1. The molecule has 1 atom stereocenters. The zero-order valence-electron chi connectivity index (χ0n) is 14.4. The number of aromatic nitrogens is 4. The van der Waals surface area contributed by atoms with Crippen LogP contribution in [0.1, 0.15) is 58.2 Å². The molecule has 1 aromatic rings. The van der Waals surface area contributed by atoms with Gasteiger partial charge in [-0.05, 0) is 30.2 Å². The summed E-state index contributed by atoms with van der Waals surface area (Å²) < 4.78 is 10.3. The highest BCUT2D eigenvalue weighted by Crippen LogP contribution is 2.10. The van der Waals surface area contributed by atoms with Crippen molar-refractivity contribution >= 4 is 11.9 Å². The molecule has 0 amide bonds. The molecule has 0 aromatic carbocycles. The lowest BCUT2D eigenvalue weighted by Crippen LogP contribution is -2.18. The number of carbonyl (C=O) groups is 2. The zero-order chi connectivity index (χ0) is 17.8. The molecule has 1 rings (SSSR count). The van der Waals surface area contributed by atoms with Gasteiger partial charge in [0.2, 0.25) is 0 Å². The number of aromatic amines is 1. The highest BCUT2D eigenvalue weighted by atomic mass is 16.5. The van der Waals surface area contributed by atoms with Crippen LogP contribution in [0.4, 0.5) is 0 Å². The van der Waals surface area contributed by atoms with E-state index in [0.29, 0.717) is 12.2 Å². The minimum atomic E-state index is -0.616. The molecule has 0 aliphatic rings. The molecular weight excluding hydrogens is 312 g/mol. The van der Waals surface area contributed by atoms with Gasteiger partial charge in [0.05, 0.1) is 19.1 Å². The standard InChI is InChI=1S/C16H26N4O4/c1-4-5-6-7-8-13(3)24-15(21)11-12(2)16(22)23-10-9-14-17-19-20-18-14/h13H,2,4-11H2,1,3H3,(H,17,18,19,20)/t13-/m1/s1. The van der Waals surface area contributed by atoms with Gasteiger partial charge in [-0.15, -0.1) is 5.10 Å². The zero-order valence-corrected chi connectivity index (χ0v) is 14.4. The number of rotatable bonds is 12. The van der Waals surface area contributed by atoms with E-state index < -0.39 is 11.9 Å². The molecule has 0 aliphatic heterocycles. The molecule has 1 heterocycles. The van der Waals surface area contributed by atoms with Crippen molar-refractivity contribution in [3.8, 4) is 0 Å². The summed E-state index contributed by atoms with van der Waals surface area (Å²) in [5, 5.41) is 13.1. The smallest absolute Gasteiger partial charge is 0.334 e. The molecule has 0 aliphatic carbocycles. The third-order valence-corrected chi connectivity index (χ3v) is 3.40. The first-order chi connectivity index (χ1) is 11.5. The minimum absolute atomic E-state index is 0.0777. The van der Waals surface area contributed by atoms with Crippen LogP contribution < -0.4 is 0 Å². The van der Waals surface area contributed by atoms with E-state index in [9.17, 15) is 9.59 Å². The number of esters is 2. The Morgan fingerprint density at radius 3 is 2.75 bits per heavy atom. The van der Waals surface area contributed by atoms with Gasteiger partial charge in [-0.2, -0.15) is 0 Å². The quantitative estimate of drug-likeness (QED) is 0.353. The molecule has 0 saturated heterocycles. The molecular formula is C16H26N4O4. The molecule has 24 heavy (non-hydrogen) atoms. The highest BCUT2D eigenvalue weighted by molar-refractivity contribution is 5.93. The highest BCUT2D eigenvalue weighted by Gasteiger charge is 2.16. The number of tetrazole rings is 1. The van der Waals surface area contributed by atoms with Crippen molar-refractivity contribution in [1.82, 2.24) is 20.6 Å². The van der Waals surface area contributed by atoms with Crippen molar-refractivity contribution in [1.29, 1.82) is 0 Å². The summed E-state index contributed by atoms with van der Waals surface area (Å²) in [4.78, 5) is 23.5. The average Bonchev–Trinajstić information content (AvgIpc) is 3.04. The first-order valence-corrected chi connectivity index (χ1v) is 8.30. The third kappa shape index (κ3) is 8.40. The van der Waals surface area contributed by atoms with E-state index in [0.717, 1.165) is 19.3 Å². The minimum Gasteiger partial charge on any atom is -0.462 e. The fourth-order valence-corrected chi connectivity index (χ4v) is 2.06. The second-order valence-electron chi connectivity index (χ2n) is 5.66. The van der Waals surface area contributed by atoms with Gasteiger partial charge in [0, 0.05) is 12.0 Å². The van der Waals surface area contributed by atoms with Gasteiger partial charge in [-0.25, -0.2) is 9.89 Å². The summed E-state index contributed by atoms with van der Waals surface area (Å²) in [6, 6.07) is 0. The monoisotopic (exact) mass is 338 g/mol. The van der Waals surface area contributed by atoms with Crippen molar-refractivity contribution in [2.75, 3.05) is 6.61 Å². The molecule has 8 heteroatoms. The first-order valence-electron chi connectivity index (χ1n) is 8.30. The largest absolute Gasteiger partial charge is 0.462 e. The molecule has 0 radical (unpaired) electrons. The summed E-state index contributed by atoms with van der Waals surface area (Å²) in [7, 11) is 0. The van der Waals surface area contributed by atoms with Crippen molar-refractivity contribution < 1.29 is 19.1 Å². The van der Waals surface area contributed by atoms with Gasteiger partial charge in [-0.1, -0.05) is 32.8 Å². The number of nitrogens with one attached hydrogen (secondary N) is 1. The Balaban J connectivity index is 2.17. The van der Waals surface area contributed by atoms with Gasteiger partial charge in [0.1, 0.15) is 0 Å². The van der Waals surface area contributed by atoms with Crippen molar-refractivity contribution in [2.24, 2.45) is 0 Å². The van der Waals surface area contributed by atoms with Gasteiger partial charge in [0.25, 0.3) is 0 Å². The van der Waals surface area contributed by atoms with Crippen LogP contribution in [0.15, 0.2) is 12.2 Å². The normalized spacial score (nSPS) is 11.8. The SMILES string of the molecule is C=C(CC(=O)O[C@H](C)CCCCCC)C(=O)OCCc1nnn[nH]1. The van der Waals surface area contributed by atoms with E-state index in [2.05, 4.69) is 34.1 Å². The summed E-state index contributed by atoms with van der Waals surface area (Å²) >= 11 is 0. The number of nitrogens with zero attached hydrogens (tertiary/aromatic N) is 3. The molecule has 1 N–H and O–H groups in total. The molecule has 0 spiro atoms. The van der Waals surface area contributed by atoms with Crippen LogP contribution >= 0.6 is 0 Å². The Kier molecular flexibility index (Phi) is 9.33. The number of unbranched alkanes of at least 4 members (excludes halogenated alkanes) is 3. The maximum atomic E-state index is 11.8. The Hall–Kier alpha value is -2.25. The Labute approximate surface area is 142 Å². The van der Waals surface area contributed by atoms with Crippen molar-refractivity contribution in [2.45, 2.75) is 64.9 Å². The Morgan fingerprint density at radius 2 is 2.08 bits per heavy atom. The Morgan fingerprint density at radius 1 is 1.29 bits per heavy atom. The topological polar surface area (TPSA) is 107 Å². The van der Waals surface area contributed by atoms with Crippen molar-refractivity contribution in [3.63, 3.8) is 0 Å². The van der Waals surface area contributed by atoms with Crippen LogP contribution in [-0.4, -0.2) is 45.3 Å². The summed E-state index contributed by atoms with van der Waals surface area (Å²) in [5.41, 5.74) is 0.0777. The number of H-pyrrole nitrogens is 1. The van der Waals surface area contributed by atoms with Crippen molar-refractivity contribution in [3.05, 3.63) is 18.0 Å². The lowest BCUT2D eigenvalue weighted by Gasteiger charge is -2.13. The van der Waals surface area contributed by atoms with Crippen LogP contribution in [-0.2, 0) is 25.5 Å². The molecule has 0 unspecified atom stereocenters. The van der Waals surface area contributed by atoms with E-state index >= 15 is 0 Å². The molecule has 0 fully saturated rings. The lowest BCUT2D eigenvalue weighted by atomic mass is 10.1. The first kappa shape index (κ1) is 19.8. The number of ether oxygens (including phenoxy) is 2. The van der Waals surface area contributed by atoms with E-state index in [4.69, 9.17) is 9.47 Å². The van der Waals surface area contributed by atoms with Gasteiger partial charge in [0.15, 0.2) is 5.82 Å². The third-order valence-electron chi connectivity index (χ3n) is 3.40. The number of hydrogen-bond acceptors (Lipinski definition) is 7. The Bertz CT molecular complexity index is 516. The number of carbonyl (C=O) groups excluding carboxylic acids is 2. The predicted molar refractivity (Wildman–Crippen MR) is 86.9 cm³/mol. The average molecular weight is 338 g/mol. The van der Waals surface area contributed by atoms with Crippen LogP contribution in [0, 0.1) is 0 Å². The second-order valence-corrected chi connectivity index (χ2v) is 5.66. The van der Waals surface area contributed by atoms with Gasteiger partial charge >= 0.3 is 11.9 Å². The lowest BCUT2D eigenvalue weighted by molar-refractivity contribution is -0.150. The molecule has 1 aromatic heterocycles. The molecule has 134 valence electrons. The second kappa shape index (κ2) is 11.3. The maximum absolute atomic E-state index is 11.8. The summed E-state index contributed by atoms with van der Waals surface area (Å²) in [5.74, 6) is -0.556. The van der Waals surface area contributed by atoms with E-state index in [1.165, 1.54) is 12.8 Å². The van der Waals surface area contributed by atoms with Gasteiger partial charge < -0.3 is 9.47 Å². The maximum Gasteiger partial charge on any atom is 0.334 e. The van der Waals surface area contributed by atoms with Crippen LogP contribution in [0.3, 0.4) is 0 Å². The molecule has 0 bridgehead atoms. The molecule has 8 nitrogen and oxygen atoms in total. The molecule has 0 saturated carbocycles. The van der Waals surface area contributed by atoms with Gasteiger partial charge in [-0.3, -0.25) is 4.79 Å². The van der Waals surface area contributed by atoms with Crippen LogP contribution in [0.5, 0.6) is 0 Å². The fraction of sp³-hybridized carbons (Fsp3) is 0.688. The van der Waals surface area contributed by atoms with Crippen LogP contribution in [0.2, 0.25) is 0 Å². The van der Waals surface area contributed by atoms with E-state index in [1.54, 1.807) is 0 Å². The summed E-state index contributed by atoms with van der Waals surface area (Å²) in [6.45, 7) is 7.70.